The van der Waals surface area contributed by atoms with Gasteiger partial charge in [-0.3, -0.25) is 4.79 Å². The molecule has 5 heteroatoms. The molecule has 0 amide bonds. The summed E-state index contributed by atoms with van der Waals surface area (Å²) < 4.78 is 19.1. The summed E-state index contributed by atoms with van der Waals surface area (Å²) in [5, 5.41) is 0. The second kappa shape index (κ2) is 6.05. The minimum atomic E-state index is -0.480. The van der Waals surface area contributed by atoms with Crippen molar-refractivity contribution in [2.24, 2.45) is 0 Å². The molecule has 2 rings (SSSR count). The van der Waals surface area contributed by atoms with Gasteiger partial charge in [0.15, 0.2) is 17.3 Å². The van der Waals surface area contributed by atoms with Crippen molar-refractivity contribution in [1.82, 2.24) is 0 Å². The van der Waals surface area contributed by atoms with Crippen LogP contribution >= 0.6 is 15.9 Å². The molecule has 0 radical (unpaired) electrons. The predicted molar refractivity (Wildman–Crippen MR) is 79.5 cm³/mol. The summed E-state index contributed by atoms with van der Waals surface area (Å²) in [6.45, 7) is 0. The van der Waals surface area contributed by atoms with Gasteiger partial charge in [0.05, 0.1) is 7.11 Å². The average Bonchev–Trinajstić information content (AvgIpc) is 2.37. The molecular weight excluding hydrogens is 325 g/mol. The molecule has 0 saturated heterocycles. The Morgan fingerprint density at radius 2 is 2.05 bits per heavy atom. The highest BCUT2D eigenvalue weighted by atomic mass is 79.9. The van der Waals surface area contributed by atoms with Crippen LogP contribution in [0.15, 0.2) is 40.9 Å². The Hall–Kier alpha value is -1.88. The number of ether oxygens (including phenoxy) is 1. The van der Waals surface area contributed by atoms with Crippen LogP contribution in [0.2, 0.25) is 0 Å². The topological polar surface area (TPSA) is 52.3 Å². The van der Waals surface area contributed by atoms with E-state index in [2.05, 4.69) is 15.9 Å². The lowest BCUT2D eigenvalue weighted by Gasteiger charge is -2.06. The van der Waals surface area contributed by atoms with Crippen molar-refractivity contribution in [3.63, 3.8) is 0 Å². The fraction of sp³-hybridized carbons (Fsp3) is 0.133. The molecule has 2 N–H and O–H groups in total. The van der Waals surface area contributed by atoms with Crippen molar-refractivity contribution in [2.75, 3.05) is 12.8 Å². The lowest BCUT2D eigenvalue weighted by atomic mass is 10.0. The number of carbonyl (C=O) groups excluding carboxylic acids is 1. The third-order valence-corrected chi connectivity index (χ3v) is 3.28. The number of nitrogen functional groups attached to an aromatic ring is 1. The number of methoxy groups -OCH3 is 1. The lowest BCUT2D eigenvalue weighted by molar-refractivity contribution is 0.0993. The van der Waals surface area contributed by atoms with Gasteiger partial charge < -0.3 is 10.5 Å². The van der Waals surface area contributed by atoms with Gasteiger partial charge in [-0.05, 0) is 35.9 Å². The zero-order chi connectivity index (χ0) is 14.7. The van der Waals surface area contributed by atoms with Crippen molar-refractivity contribution in [1.29, 1.82) is 0 Å². The molecule has 0 aliphatic carbocycles. The SMILES string of the molecule is COc1ccc(CC(=O)c2cc(N)cc(Br)c2)cc1F. The number of benzene rings is 2. The van der Waals surface area contributed by atoms with Gasteiger partial charge in [0.1, 0.15) is 0 Å². The highest BCUT2D eigenvalue weighted by molar-refractivity contribution is 9.10. The molecule has 0 spiro atoms. The number of hydrogen-bond donors (Lipinski definition) is 1. The molecule has 0 fully saturated rings. The van der Waals surface area contributed by atoms with Crippen LogP contribution in [-0.2, 0) is 6.42 Å². The fourth-order valence-corrected chi connectivity index (χ4v) is 2.39. The molecule has 0 bridgehead atoms. The van der Waals surface area contributed by atoms with Gasteiger partial charge in [0, 0.05) is 22.1 Å². The number of carbonyl (C=O) groups is 1. The molecule has 104 valence electrons. The standard InChI is InChI=1S/C15H13BrFNO2/c1-20-15-3-2-9(4-13(15)17)5-14(19)10-6-11(16)8-12(18)7-10/h2-4,6-8H,5,18H2,1H3. The number of halogens is 2. The van der Waals surface area contributed by atoms with E-state index in [0.717, 1.165) is 4.47 Å². The van der Waals surface area contributed by atoms with Crippen molar-refractivity contribution in [3.05, 3.63) is 57.8 Å². The third kappa shape index (κ3) is 3.36. The first-order valence-electron chi connectivity index (χ1n) is 5.91. The van der Waals surface area contributed by atoms with E-state index in [0.29, 0.717) is 16.8 Å². The van der Waals surface area contributed by atoms with Crippen molar-refractivity contribution in [3.8, 4) is 5.75 Å². The van der Waals surface area contributed by atoms with Crippen molar-refractivity contribution in [2.45, 2.75) is 6.42 Å². The van der Waals surface area contributed by atoms with Crippen molar-refractivity contribution < 1.29 is 13.9 Å². The number of ketones is 1. The Balaban J connectivity index is 2.21. The molecule has 0 aromatic heterocycles. The van der Waals surface area contributed by atoms with Gasteiger partial charge >= 0.3 is 0 Å². The number of anilines is 1. The van der Waals surface area contributed by atoms with Crippen LogP contribution < -0.4 is 10.5 Å². The maximum absolute atomic E-state index is 13.6. The van der Waals surface area contributed by atoms with E-state index in [4.69, 9.17) is 10.5 Å². The quantitative estimate of drug-likeness (QED) is 0.685. The third-order valence-electron chi connectivity index (χ3n) is 2.82. The van der Waals surface area contributed by atoms with Gasteiger partial charge in [0.25, 0.3) is 0 Å². The zero-order valence-corrected chi connectivity index (χ0v) is 12.4. The molecule has 20 heavy (non-hydrogen) atoms. The summed E-state index contributed by atoms with van der Waals surface area (Å²) in [5.41, 5.74) is 7.28. The van der Waals surface area contributed by atoms with Gasteiger partial charge in [0.2, 0.25) is 0 Å². The highest BCUT2D eigenvalue weighted by Gasteiger charge is 2.11. The van der Waals surface area contributed by atoms with Crippen LogP contribution in [0.5, 0.6) is 5.75 Å². The molecule has 0 saturated carbocycles. The first kappa shape index (κ1) is 14.5. The lowest BCUT2D eigenvalue weighted by Crippen LogP contribution is -2.05. The number of Topliss-reactive ketones (excluding diaryl/α,β-unsaturated/α-hetero) is 1. The monoisotopic (exact) mass is 337 g/mol. The van der Waals surface area contributed by atoms with Crippen LogP contribution in [0.25, 0.3) is 0 Å². The summed E-state index contributed by atoms with van der Waals surface area (Å²) in [7, 11) is 1.40. The summed E-state index contributed by atoms with van der Waals surface area (Å²) in [5.74, 6) is -0.443. The first-order chi connectivity index (χ1) is 9.49. The Morgan fingerprint density at radius 1 is 1.30 bits per heavy atom. The Kier molecular flexibility index (Phi) is 4.39. The normalized spacial score (nSPS) is 10.3. The van der Waals surface area contributed by atoms with Gasteiger partial charge in [-0.25, -0.2) is 4.39 Å². The van der Waals surface area contributed by atoms with Gasteiger partial charge in [-0.2, -0.15) is 0 Å². The van der Waals surface area contributed by atoms with E-state index in [1.807, 2.05) is 0 Å². The van der Waals surface area contributed by atoms with Crippen LogP contribution in [0.3, 0.4) is 0 Å². The maximum atomic E-state index is 13.6. The highest BCUT2D eigenvalue weighted by Crippen LogP contribution is 2.21. The summed E-state index contributed by atoms with van der Waals surface area (Å²) in [6, 6.07) is 9.49. The predicted octanol–water partition coefficient (Wildman–Crippen LogP) is 3.60. The van der Waals surface area contributed by atoms with E-state index in [-0.39, 0.29) is 18.0 Å². The van der Waals surface area contributed by atoms with Crippen LogP contribution in [0.1, 0.15) is 15.9 Å². The Bertz CT molecular complexity index is 638. The molecule has 0 unspecified atom stereocenters. The van der Waals surface area contributed by atoms with E-state index in [1.54, 1.807) is 24.3 Å². The Labute approximate surface area is 124 Å². The molecule has 3 nitrogen and oxygen atoms in total. The van der Waals surface area contributed by atoms with E-state index >= 15 is 0 Å². The fourth-order valence-electron chi connectivity index (χ4n) is 1.88. The van der Waals surface area contributed by atoms with E-state index < -0.39 is 5.82 Å². The number of rotatable bonds is 4. The van der Waals surface area contributed by atoms with E-state index in [1.165, 1.54) is 19.2 Å². The Morgan fingerprint density at radius 3 is 2.65 bits per heavy atom. The van der Waals surface area contributed by atoms with Crippen LogP contribution in [-0.4, -0.2) is 12.9 Å². The van der Waals surface area contributed by atoms with Gasteiger partial charge in [-0.1, -0.05) is 22.0 Å². The zero-order valence-electron chi connectivity index (χ0n) is 10.8. The second-order valence-corrected chi connectivity index (χ2v) is 5.26. The summed E-state index contributed by atoms with van der Waals surface area (Å²) in [6.07, 6.45) is 0.108. The molecule has 2 aromatic rings. The summed E-state index contributed by atoms with van der Waals surface area (Å²) in [4.78, 5) is 12.2. The number of nitrogens with two attached hydrogens (primary N) is 1. The first-order valence-corrected chi connectivity index (χ1v) is 6.70. The van der Waals surface area contributed by atoms with Gasteiger partial charge in [-0.15, -0.1) is 0 Å². The number of hydrogen-bond acceptors (Lipinski definition) is 3. The molecule has 0 aliphatic heterocycles. The largest absolute Gasteiger partial charge is 0.494 e. The van der Waals surface area contributed by atoms with Crippen LogP contribution in [0, 0.1) is 5.82 Å². The minimum Gasteiger partial charge on any atom is -0.494 e. The minimum absolute atomic E-state index is 0.108. The average molecular weight is 338 g/mol. The smallest absolute Gasteiger partial charge is 0.167 e. The molecule has 0 atom stereocenters. The van der Waals surface area contributed by atoms with E-state index in [9.17, 15) is 9.18 Å². The summed E-state index contributed by atoms with van der Waals surface area (Å²) >= 11 is 3.29. The molecular formula is C15H13BrFNO2. The van der Waals surface area contributed by atoms with Crippen molar-refractivity contribution >= 4 is 27.4 Å². The molecule has 0 heterocycles. The molecule has 0 aliphatic rings. The second-order valence-electron chi connectivity index (χ2n) is 4.34. The maximum Gasteiger partial charge on any atom is 0.167 e. The van der Waals surface area contributed by atoms with Crippen LogP contribution in [0.4, 0.5) is 10.1 Å². The molecule has 2 aromatic carbocycles.